The lowest BCUT2D eigenvalue weighted by Crippen LogP contribution is -2.09. The van der Waals surface area contributed by atoms with Gasteiger partial charge < -0.3 is 9.80 Å². The molecule has 4 heteroatoms. The molecule has 1 aromatic heterocycles. The molecule has 0 unspecified atom stereocenters. The van der Waals surface area contributed by atoms with Crippen LogP contribution in [-0.2, 0) is 0 Å². The quantitative estimate of drug-likeness (QED) is 0.122. The van der Waals surface area contributed by atoms with Crippen LogP contribution in [0.1, 0.15) is 0 Å². The number of para-hydroxylation sites is 4. The van der Waals surface area contributed by atoms with Crippen LogP contribution in [-0.4, -0.2) is 9.97 Å². The Morgan fingerprint density at radius 2 is 0.353 bits per heavy atom. The van der Waals surface area contributed by atoms with E-state index in [1.807, 2.05) is 0 Å². The van der Waals surface area contributed by atoms with Crippen molar-refractivity contribution in [2.75, 3.05) is 9.80 Å². The molecule has 322 valence electrons. The van der Waals surface area contributed by atoms with E-state index in [-0.39, 0.29) is 0 Å². The van der Waals surface area contributed by atoms with E-state index in [2.05, 4.69) is 277 Å². The normalized spacial score (nSPS) is 10.9. The molecular weight excluding hydrogens is 825 g/mol. The molecule has 10 aromatic carbocycles. The van der Waals surface area contributed by atoms with Gasteiger partial charge in [-0.3, -0.25) is 9.97 Å². The Labute approximate surface area is 398 Å². The highest BCUT2D eigenvalue weighted by molar-refractivity contribution is 5.83. The lowest BCUT2D eigenvalue weighted by Gasteiger charge is -2.25. The average Bonchev–Trinajstić information content (AvgIpc) is 3.43. The van der Waals surface area contributed by atoms with Gasteiger partial charge in [-0.05, 0) is 117 Å². The summed E-state index contributed by atoms with van der Waals surface area (Å²) in [7, 11) is 0. The van der Waals surface area contributed by atoms with Gasteiger partial charge in [0.1, 0.15) is 0 Å². The molecule has 0 spiro atoms. The van der Waals surface area contributed by atoms with Gasteiger partial charge in [0.05, 0.1) is 11.4 Å². The summed E-state index contributed by atoms with van der Waals surface area (Å²) in [6.45, 7) is 0. The minimum Gasteiger partial charge on any atom is -0.311 e. The van der Waals surface area contributed by atoms with Gasteiger partial charge in [-0.2, -0.15) is 0 Å². The highest BCUT2D eigenvalue weighted by Gasteiger charge is 2.15. The van der Waals surface area contributed by atoms with Crippen LogP contribution in [0.4, 0.5) is 34.1 Å². The third-order valence-corrected chi connectivity index (χ3v) is 12.4. The van der Waals surface area contributed by atoms with Crippen molar-refractivity contribution in [2.24, 2.45) is 0 Å². The van der Waals surface area contributed by atoms with Crippen LogP contribution < -0.4 is 9.80 Å². The fourth-order valence-electron chi connectivity index (χ4n) is 8.92. The molecule has 0 N–H and O–H groups in total. The molecular formula is C64H46N4. The maximum Gasteiger partial charge on any atom is 0.0965 e. The minimum atomic E-state index is 0.856. The van der Waals surface area contributed by atoms with Gasteiger partial charge in [-0.25, -0.2) is 0 Å². The van der Waals surface area contributed by atoms with Crippen LogP contribution in [0, 0.1) is 0 Å². The smallest absolute Gasteiger partial charge is 0.0965 e. The van der Waals surface area contributed by atoms with Crippen LogP contribution in [0.3, 0.4) is 0 Å². The summed E-state index contributed by atoms with van der Waals surface area (Å²) < 4.78 is 0. The van der Waals surface area contributed by atoms with E-state index in [1.165, 1.54) is 22.3 Å². The first-order chi connectivity index (χ1) is 33.7. The first kappa shape index (κ1) is 41.6. The van der Waals surface area contributed by atoms with Crippen molar-refractivity contribution in [2.45, 2.75) is 0 Å². The second-order valence-corrected chi connectivity index (χ2v) is 16.7. The summed E-state index contributed by atoms with van der Waals surface area (Å²) in [6.07, 6.45) is 3.54. The molecule has 4 nitrogen and oxygen atoms in total. The summed E-state index contributed by atoms with van der Waals surface area (Å²) in [6, 6.07) is 94.5. The Balaban J connectivity index is 0.765. The first-order valence-electron chi connectivity index (χ1n) is 23.0. The number of hydrogen-bond acceptors (Lipinski definition) is 4. The van der Waals surface area contributed by atoms with Gasteiger partial charge in [0.15, 0.2) is 0 Å². The number of aromatic nitrogens is 2. The minimum absolute atomic E-state index is 0.856. The molecule has 1 heterocycles. The van der Waals surface area contributed by atoms with Crippen LogP contribution in [0.25, 0.3) is 67.0 Å². The zero-order valence-electron chi connectivity index (χ0n) is 37.3. The van der Waals surface area contributed by atoms with Crippen molar-refractivity contribution < 1.29 is 0 Å². The topological polar surface area (TPSA) is 32.3 Å². The molecule has 68 heavy (non-hydrogen) atoms. The molecule has 0 saturated heterocycles. The number of benzene rings is 10. The molecule has 0 atom stereocenters. The van der Waals surface area contributed by atoms with Crippen LogP contribution in [0.5, 0.6) is 0 Å². The lowest BCUT2D eigenvalue weighted by atomic mass is 9.97. The predicted molar refractivity (Wildman–Crippen MR) is 284 cm³/mol. The first-order valence-corrected chi connectivity index (χ1v) is 23.0. The highest BCUT2D eigenvalue weighted by Crippen LogP contribution is 2.38. The van der Waals surface area contributed by atoms with Gasteiger partial charge in [0.2, 0.25) is 0 Å². The number of hydrogen-bond donors (Lipinski definition) is 0. The van der Waals surface area contributed by atoms with E-state index in [9.17, 15) is 0 Å². The fraction of sp³-hybridized carbons (Fsp3) is 0. The van der Waals surface area contributed by atoms with E-state index < -0.39 is 0 Å². The van der Waals surface area contributed by atoms with Gasteiger partial charge in [0.25, 0.3) is 0 Å². The van der Waals surface area contributed by atoms with Crippen molar-refractivity contribution in [3.8, 4) is 67.0 Å². The summed E-state index contributed by atoms with van der Waals surface area (Å²) in [5.41, 5.74) is 19.8. The van der Waals surface area contributed by atoms with E-state index in [4.69, 9.17) is 9.97 Å². The van der Waals surface area contributed by atoms with E-state index >= 15 is 0 Å². The van der Waals surface area contributed by atoms with Crippen LogP contribution in [0.15, 0.2) is 279 Å². The predicted octanol–water partition coefficient (Wildman–Crippen LogP) is 17.4. The Morgan fingerprint density at radius 1 is 0.176 bits per heavy atom. The van der Waals surface area contributed by atoms with E-state index in [0.29, 0.717) is 0 Å². The number of rotatable bonds is 12. The molecule has 0 amide bonds. The second-order valence-electron chi connectivity index (χ2n) is 16.7. The third-order valence-electron chi connectivity index (χ3n) is 12.4. The SMILES string of the molecule is c1ccc(N(c2ccccc2)c2ccc(-c3ccc(-c4ccc(-c5nccnc5-c5ccc(-c6ccc(-c7ccc(N(c8ccccc8)c8ccccc8)cc7)cc6)cc5)cc4)cc3)cc2)cc1. The Morgan fingerprint density at radius 3 is 0.574 bits per heavy atom. The van der Waals surface area contributed by atoms with Crippen LogP contribution >= 0.6 is 0 Å². The Hall–Kier alpha value is -9.12. The standard InChI is InChI=1S/C64H46N4/c1-5-13-57(14-6-1)67(58-15-7-2-8-16-58)61-41-37-53(38-42-61)49-25-21-47(22-26-49)51-29-33-55(34-30-51)63-64(66-46-45-65-63)56-35-31-52(32-36-56)48-23-27-50(28-24-48)54-39-43-62(44-40-54)68(59-17-9-3-10-18-59)60-19-11-4-12-20-60/h1-46H. The molecule has 11 rings (SSSR count). The second kappa shape index (κ2) is 19.2. The molecule has 0 radical (unpaired) electrons. The molecule has 0 aliphatic carbocycles. The zero-order chi connectivity index (χ0) is 45.5. The fourth-order valence-corrected chi connectivity index (χ4v) is 8.92. The zero-order valence-corrected chi connectivity index (χ0v) is 37.3. The monoisotopic (exact) mass is 870 g/mol. The Bertz CT molecular complexity index is 3050. The third kappa shape index (κ3) is 8.82. The van der Waals surface area contributed by atoms with Gasteiger partial charge in [-0.15, -0.1) is 0 Å². The molecule has 0 aliphatic heterocycles. The maximum absolute atomic E-state index is 4.82. The number of anilines is 6. The summed E-state index contributed by atoms with van der Waals surface area (Å²) in [5.74, 6) is 0. The van der Waals surface area contributed by atoms with Crippen LogP contribution in [0.2, 0.25) is 0 Å². The van der Waals surface area contributed by atoms with Crippen molar-refractivity contribution >= 4 is 34.1 Å². The molecule has 0 saturated carbocycles. The summed E-state index contributed by atoms with van der Waals surface area (Å²) >= 11 is 0. The van der Waals surface area contributed by atoms with Crippen molar-refractivity contribution in [3.05, 3.63) is 279 Å². The van der Waals surface area contributed by atoms with Crippen molar-refractivity contribution in [1.29, 1.82) is 0 Å². The molecule has 0 fully saturated rings. The summed E-state index contributed by atoms with van der Waals surface area (Å²) in [4.78, 5) is 14.2. The lowest BCUT2D eigenvalue weighted by molar-refractivity contribution is 1.21. The number of nitrogens with zero attached hydrogens (tertiary/aromatic N) is 4. The van der Waals surface area contributed by atoms with Gasteiger partial charge in [0, 0.05) is 57.6 Å². The molecule has 11 aromatic rings. The van der Waals surface area contributed by atoms with Crippen molar-refractivity contribution in [3.63, 3.8) is 0 Å². The van der Waals surface area contributed by atoms with E-state index in [1.54, 1.807) is 12.4 Å². The Kier molecular flexibility index (Phi) is 11.7. The average molecular weight is 871 g/mol. The van der Waals surface area contributed by atoms with Gasteiger partial charge in [-0.1, -0.05) is 194 Å². The maximum atomic E-state index is 4.82. The van der Waals surface area contributed by atoms with E-state index in [0.717, 1.165) is 78.9 Å². The van der Waals surface area contributed by atoms with Gasteiger partial charge >= 0.3 is 0 Å². The molecule has 0 aliphatic rings. The summed E-state index contributed by atoms with van der Waals surface area (Å²) in [5, 5.41) is 0. The largest absolute Gasteiger partial charge is 0.311 e. The molecule has 0 bridgehead atoms. The highest BCUT2D eigenvalue weighted by atomic mass is 15.1. The van der Waals surface area contributed by atoms with Crippen molar-refractivity contribution in [1.82, 2.24) is 9.97 Å².